The monoisotopic (exact) mass is 498 g/mol. The van der Waals surface area contributed by atoms with Crippen molar-refractivity contribution in [1.29, 1.82) is 0 Å². The lowest BCUT2D eigenvalue weighted by atomic mass is 9.89. The summed E-state index contributed by atoms with van der Waals surface area (Å²) in [5.74, 6) is 2.40. The Morgan fingerprint density at radius 1 is 1.09 bits per heavy atom. The second-order valence-electron chi connectivity index (χ2n) is 11.8. The third kappa shape index (κ3) is 7.64. The molecular weight excluding hydrogens is 452 g/mol. The molecule has 0 amide bonds. The number of carbonyl (C=O) groups excluding carboxylic acids is 1. The van der Waals surface area contributed by atoms with Crippen molar-refractivity contribution in [3.05, 3.63) is 53.6 Å². The minimum Gasteiger partial charge on any atom is -0.497 e. The highest BCUT2D eigenvalue weighted by atomic mass is 28.4. The van der Waals surface area contributed by atoms with Gasteiger partial charge in [-0.2, -0.15) is 0 Å². The summed E-state index contributed by atoms with van der Waals surface area (Å²) in [5.41, 5.74) is 2.79. The molecule has 5 heteroatoms. The second kappa shape index (κ2) is 12.5. The summed E-state index contributed by atoms with van der Waals surface area (Å²) in [4.78, 5) is 11.1. The van der Waals surface area contributed by atoms with Crippen LogP contribution >= 0.6 is 0 Å². The van der Waals surface area contributed by atoms with E-state index in [2.05, 4.69) is 58.2 Å². The van der Waals surface area contributed by atoms with Gasteiger partial charge in [0.05, 0.1) is 19.8 Å². The van der Waals surface area contributed by atoms with E-state index >= 15 is 0 Å². The number of allylic oxidation sites excluding steroid dienone is 3. The molecule has 1 aromatic rings. The number of methoxy groups -OCH3 is 1. The van der Waals surface area contributed by atoms with E-state index < -0.39 is 8.32 Å². The highest BCUT2D eigenvalue weighted by Gasteiger charge is 2.48. The molecule has 4 atom stereocenters. The number of hydrogen-bond acceptors (Lipinski definition) is 4. The lowest BCUT2D eigenvalue weighted by Crippen LogP contribution is -2.45. The number of ether oxygens (including phenoxy) is 2. The summed E-state index contributed by atoms with van der Waals surface area (Å²) in [5, 5.41) is 0.197. The van der Waals surface area contributed by atoms with Gasteiger partial charge in [-0.05, 0) is 85.8 Å². The molecule has 0 saturated heterocycles. The fourth-order valence-corrected chi connectivity index (χ4v) is 6.63. The maximum Gasteiger partial charge on any atom is 0.192 e. The van der Waals surface area contributed by atoms with Crippen LogP contribution in [0.1, 0.15) is 64.9 Å². The van der Waals surface area contributed by atoms with E-state index in [1.807, 2.05) is 12.1 Å². The Hall–Kier alpha value is -1.69. The van der Waals surface area contributed by atoms with Crippen molar-refractivity contribution in [2.45, 2.75) is 90.1 Å². The number of rotatable bonds is 13. The molecule has 4 nitrogen and oxygen atoms in total. The first kappa shape index (κ1) is 27.9. The molecule has 0 radical (unpaired) electrons. The third-order valence-corrected chi connectivity index (χ3v) is 12.8. The van der Waals surface area contributed by atoms with Gasteiger partial charge in [0.15, 0.2) is 8.32 Å². The molecule has 0 heterocycles. The first-order valence-electron chi connectivity index (χ1n) is 13.3. The van der Waals surface area contributed by atoms with E-state index in [4.69, 9.17) is 13.9 Å². The largest absolute Gasteiger partial charge is 0.497 e. The Morgan fingerprint density at radius 2 is 1.83 bits per heavy atom. The zero-order chi connectivity index (χ0) is 25.5. The normalized spacial score (nSPS) is 24.6. The van der Waals surface area contributed by atoms with Gasteiger partial charge in [0.2, 0.25) is 0 Å². The van der Waals surface area contributed by atoms with Crippen molar-refractivity contribution in [3.63, 3.8) is 0 Å². The lowest BCUT2D eigenvalue weighted by Gasteiger charge is -2.40. The van der Waals surface area contributed by atoms with Gasteiger partial charge in [0.1, 0.15) is 12.0 Å². The minimum absolute atomic E-state index is 0.197. The zero-order valence-corrected chi connectivity index (χ0v) is 23.7. The number of carbonyl (C=O) groups is 1. The Morgan fingerprint density at radius 3 is 2.49 bits per heavy atom. The maximum absolute atomic E-state index is 11.1. The van der Waals surface area contributed by atoms with Crippen molar-refractivity contribution < 1.29 is 18.7 Å². The summed E-state index contributed by atoms with van der Waals surface area (Å²) in [6, 6.07) is 8.07. The van der Waals surface area contributed by atoms with Crippen LogP contribution in [-0.2, 0) is 20.6 Å². The minimum atomic E-state index is -1.84. The molecule has 0 unspecified atom stereocenters. The number of aldehydes is 1. The molecule has 1 aromatic carbocycles. The van der Waals surface area contributed by atoms with Gasteiger partial charge in [-0.1, -0.05) is 57.0 Å². The van der Waals surface area contributed by atoms with Gasteiger partial charge in [0.25, 0.3) is 0 Å². The Kier molecular flexibility index (Phi) is 9.97. The Balaban J connectivity index is 1.41. The fourth-order valence-electron chi connectivity index (χ4n) is 5.27. The standard InChI is InChI=1S/C30H46O4Si/c1-30(2,3)35(5,6)34-29-21-25-19-24(20-28(25)27(29)12-10-17-31)11-8-7-9-18-33-22-23-13-15-26(32-4)16-14-23/h10,12-17,19,25,27-29H,7-9,11,18,20-22H2,1-6H3/b12-10+/t25-,27+,28-,29+/m0/s1. The van der Waals surface area contributed by atoms with E-state index in [0.717, 1.165) is 37.9 Å². The second-order valence-corrected chi connectivity index (χ2v) is 16.6. The van der Waals surface area contributed by atoms with Crippen LogP contribution < -0.4 is 4.74 Å². The average Bonchev–Trinajstić information content (AvgIpc) is 3.33. The molecule has 3 rings (SSSR count). The van der Waals surface area contributed by atoms with Crippen molar-refractivity contribution >= 4 is 14.6 Å². The summed E-state index contributed by atoms with van der Waals surface area (Å²) in [6.45, 7) is 13.0. The molecule has 2 aliphatic rings. The van der Waals surface area contributed by atoms with Gasteiger partial charge in [-0.25, -0.2) is 0 Å². The van der Waals surface area contributed by atoms with E-state index in [9.17, 15) is 4.79 Å². The Bertz CT molecular complexity index is 865. The zero-order valence-electron chi connectivity index (χ0n) is 22.7. The quantitative estimate of drug-likeness (QED) is 0.0928. The first-order chi connectivity index (χ1) is 16.6. The molecule has 35 heavy (non-hydrogen) atoms. The van der Waals surface area contributed by atoms with Gasteiger partial charge < -0.3 is 13.9 Å². The summed E-state index contributed by atoms with van der Waals surface area (Å²) >= 11 is 0. The molecule has 194 valence electrons. The van der Waals surface area contributed by atoms with E-state index in [1.54, 1.807) is 18.8 Å². The highest BCUT2D eigenvalue weighted by molar-refractivity contribution is 6.74. The van der Waals surface area contributed by atoms with Gasteiger partial charge in [0, 0.05) is 12.5 Å². The van der Waals surface area contributed by atoms with Crippen molar-refractivity contribution in [1.82, 2.24) is 0 Å². The number of fused-ring (bicyclic) bond motifs is 1. The molecule has 1 saturated carbocycles. The number of benzene rings is 1. The fraction of sp³-hybridized carbons (Fsp3) is 0.633. The number of hydrogen-bond donors (Lipinski definition) is 0. The molecule has 0 N–H and O–H groups in total. The average molecular weight is 499 g/mol. The molecular formula is C30H46O4Si. The third-order valence-electron chi connectivity index (χ3n) is 8.30. The van der Waals surface area contributed by atoms with Crippen LogP contribution in [0.5, 0.6) is 5.75 Å². The topological polar surface area (TPSA) is 44.8 Å². The van der Waals surface area contributed by atoms with Crippen LogP contribution in [-0.4, -0.2) is 34.4 Å². The van der Waals surface area contributed by atoms with Crippen LogP contribution in [0.15, 0.2) is 48.1 Å². The molecule has 1 fully saturated rings. The molecule has 2 aliphatic carbocycles. The van der Waals surface area contributed by atoms with Crippen LogP contribution in [0, 0.1) is 17.8 Å². The van der Waals surface area contributed by atoms with Crippen molar-refractivity contribution in [2.75, 3.05) is 13.7 Å². The molecule has 0 aliphatic heterocycles. The van der Waals surface area contributed by atoms with E-state index in [-0.39, 0.29) is 11.1 Å². The summed E-state index contributed by atoms with van der Waals surface area (Å²) in [6.07, 6.45) is 14.5. The highest BCUT2D eigenvalue weighted by Crippen LogP contribution is 2.51. The SMILES string of the molecule is COc1ccc(COCCCCCC2=C[C@H]3C[C@@H](O[Si](C)(C)C(C)(C)C)[C@H](/C=C/C=O)[C@H]3C2)cc1. The van der Waals surface area contributed by atoms with Crippen LogP contribution in [0.4, 0.5) is 0 Å². The summed E-state index contributed by atoms with van der Waals surface area (Å²) in [7, 11) is -0.155. The van der Waals surface area contributed by atoms with E-state index in [1.165, 1.54) is 24.8 Å². The van der Waals surface area contributed by atoms with Crippen LogP contribution in [0.3, 0.4) is 0 Å². The first-order valence-corrected chi connectivity index (χ1v) is 16.3. The predicted molar refractivity (Wildman–Crippen MR) is 146 cm³/mol. The van der Waals surface area contributed by atoms with Crippen molar-refractivity contribution in [3.8, 4) is 5.75 Å². The molecule has 0 aromatic heterocycles. The Labute approximate surface area is 214 Å². The number of unbranched alkanes of at least 4 members (excludes halogenated alkanes) is 2. The molecule has 0 spiro atoms. The summed E-state index contributed by atoms with van der Waals surface area (Å²) < 4.78 is 17.9. The van der Waals surface area contributed by atoms with Crippen LogP contribution in [0.2, 0.25) is 18.1 Å². The molecule has 0 bridgehead atoms. The maximum atomic E-state index is 11.1. The smallest absolute Gasteiger partial charge is 0.192 e. The lowest BCUT2D eigenvalue weighted by molar-refractivity contribution is -0.104. The van der Waals surface area contributed by atoms with Gasteiger partial charge in [-0.15, -0.1) is 0 Å². The van der Waals surface area contributed by atoms with Gasteiger partial charge in [-0.3, -0.25) is 4.79 Å². The predicted octanol–water partition coefficient (Wildman–Crippen LogP) is 7.50. The van der Waals surface area contributed by atoms with E-state index in [0.29, 0.717) is 24.4 Å². The van der Waals surface area contributed by atoms with Gasteiger partial charge >= 0.3 is 0 Å². The van der Waals surface area contributed by atoms with Crippen LogP contribution in [0.25, 0.3) is 0 Å². The van der Waals surface area contributed by atoms with Crippen molar-refractivity contribution in [2.24, 2.45) is 17.8 Å².